The molecule has 1 atom stereocenters. The summed E-state index contributed by atoms with van der Waals surface area (Å²) in [5, 5.41) is 0. The van der Waals surface area contributed by atoms with Crippen molar-refractivity contribution in [2.75, 3.05) is 7.11 Å². The first-order valence-electron chi connectivity index (χ1n) is 6.34. The Kier molecular flexibility index (Phi) is 4.74. The minimum absolute atomic E-state index is 0.415. The Morgan fingerprint density at radius 3 is 2.50 bits per heavy atom. The van der Waals surface area contributed by atoms with E-state index in [1.807, 2.05) is 54.6 Å². The normalized spacial score (nSPS) is 11.7. The summed E-state index contributed by atoms with van der Waals surface area (Å²) in [6, 6.07) is 16.4. The predicted molar refractivity (Wildman–Crippen MR) is 76.7 cm³/mol. The second-order valence-corrected chi connectivity index (χ2v) is 4.40. The fourth-order valence-electron chi connectivity index (χ4n) is 1.85. The third kappa shape index (κ3) is 3.83. The molecule has 0 amide bonds. The molecule has 0 aliphatic heterocycles. The molecule has 104 valence electrons. The highest BCUT2D eigenvalue weighted by Gasteiger charge is 2.14. The summed E-state index contributed by atoms with van der Waals surface area (Å²) in [4.78, 5) is 11.3. The van der Waals surface area contributed by atoms with Crippen molar-refractivity contribution in [2.45, 2.75) is 12.5 Å². The van der Waals surface area contributed by atoms with Crippen molar-refractivity contribution in [3.8, 4) is 11.5 Å². The largest absolute Gasteiger partial charge is 0.468 e. The molecular formula is C16H17NO3. The van der Waals surface area contributed by atoms with Crippen LogP contribution in [0.5, 0.6) is 11.5 Å². The van der Waals surface area contributed by atoms with Crippen LogP contribution in [-0.4, -0.2) is 19.1 Å². The maximum Gasteiger partial charge on any atom is 0.322 e. The van der Waals surface area contributed by atoms with Gasteiger partial charge in [-0.05, 0) is 36.2 Å². The van der Waals surface area contributed by atoms with Crippen LogP contribution in [-0.2, 0) is 16.0 Å². The van der Waals surface area contributed by atoms with Crippen molar-refractivity contribution in [3.05, 3.63) is 60.2 Å². The minimum Gasteiger partial charge on any atom is -0.468 e. The zero-order valence-corrected chi connectivity index (χ0v) is 11.3. The van der Waals surface area contributed by atoms with Crippen LogP contribution in [0.1, 0.15) is 5.56 Å². The van der Waals surface area contributed by atoms with Gasteiger partial charge in [-0.25, -0.2) is 0 Å². The van der Waals surface area contributed by atoms with Crippen LogP contribution in [0.4, 0.5) is 0 Å². The monoisotopic (exact) mass is 271 g/mol. The smallest absolute Gasteiger partial charge is 0.322 e. The molecule has 0 aliphatic carbocycles. The molecular weight excluding hydrogens is 254 g/mol. The van der Waals surface area contributed by atoms with Crippen LogP contribution in [0.3, 0.4) is 0 Å². The van der Waals surface area contributed by atoms with Crippen LogP contribution in [0, 0.1) is 0 Å². The number of hydrogen-bond donors (Lipinski definition) is 1. The molecule has 0 spiro atoms. The molecule has 0 fully saturated rings. The molecule has 0 unspecified atom stereocenters. The van der Waals surface area contributed by atoms with Crippen LogP contribution in [0.15, 0.2) is 54.6 Å². The maximum absolute atomic E-state index is 11.3. The van der Waals surface area contributed by atoms with Gasteiger partial charge in [-0.2, -0.15) is 0 Å². The van der Waals surface area contributed by atoms with Crippen molar-refractivity contribution < 1.29 is 14.3 Å². The summed E-state index contributed by atoms with van der Waals surface area (Å²) >= 11 is 0. The number of methoxy groups -OCH3 is 1. The summed E-state index contributed by atoms with van der Waals surface area (Å²) in [5.41, 5.74) is 6.67. The number of rotatable bonds is 5. The van der Waals surface area contributed by atoms with E-state index in [-0.39, 0.29) is 0 Å². The Morgan fingerprint density at radius 2 is 1.80 bits per heavy atom. The summed E-state index contributed by atoms with van der Waals surface area (Å²) in [6.07, 6.45) is 0.415. The van der Waals surface area contributed by atoms with Gasteiger partial charge in [-0.3, -0.25) is 4.79 Å². The summed E-state index contributed by atoms with van der Waals surface area (Å²) in [7, 11) is 1.33. The van der Waals surface area contributed by atoms with E-state index in [0.29, 0.717) is 12.2 Å². The van der Waals surface area contributed by atoms with E-state index < -0.39 is 12.0 Å². The molecule has 0 radical (unpaired) electrons. The first-order chi connectivity index (χ1) is 9.69. The molecule has 0 saturated carbocycles. The zero-order valence-electron chi connectivity index (χ0n) is 11.3. The number of para-hydroxylation sites is 1. The van der Waals surface area contributed by atoms with Crippen molar-refractivity contribution in [3.63, 3.8) is 0 Å². The van der Waals surface area contributed by atoms with Gasteiger partial charge in [-0.1, -0.05) is 30.3 Å². The lowest BCUT2D eigenvalue weighted by Gasteiger charge is -2.11. The zero-order chi connectivity index (χ0) is 14.4. The number of benzene rings is 2. The topological polar surface area (TPSA) is 61.5 Å². The minimum atomic E-state index is -0.660. The molecule has 4 nitrogen and oxygen atoms in total. The van der Waals surface area contributed by atoms with E-state index in [0.717, 1.165) is 11.3 Å². The Bertz CT molecular complexity index is 569. The molecule has 4 heteroatoms. The summed E-state index contributed by atoms with van der Waals surface area (Å²) < 4.78 is 10.3. The molecule has 0 saturated heterocycles. The number of ether oxygens (including phenoxy) is 2. The van der Waals surface area contributed by atoms with Crippen molar-refractivity contribution in [2.24, 2.45) is 5.73 Å². The number of carbonyl (C=O) groups excluding carboxylic acids is 1. The second kappa shape index (κ2) is 6.73. The number of carbonyl (C=O) groups is 1. The van der Waals surface area contributed by atoms with Gasteiger partial charge >= 0.3 is 5.97 Å². The van der Waals surface area contributed by atoms with Crippen molar-refractivity contribution >= 4 is 5.97 Å². The lowest BCUT2D eigenvalue weighted by molar-refractivity contribution is -0.142. The highest BCUT2D eigenvalue weighted by atomic mass is 16.5. The Morgan fingerprint density at radius 1 is 1.10 bits per heavy atom. The van der Waals surface area contributed by atoms with E-state index in [4.69, 9.17) is 10.5 Å². The molecule has 20 heavy (non-hydrogen) atoms. The van der Waals surface area contributed by atoms with Gasteiger partial charge in [0.15, 0.2) is 0 Å². The third-order valence-electron chi connectivity index (χ3n) is 2.84. The molecule has 0 bridgehead atoms. The van der Waals surface area contributed by atoms with Crippen molar-refractivity contribution in [1.82, 2.24) is 0 Å². The van der Waals surface area contributed by atoms with Crippen LogP contribution in [0.25, 0.3) is 0 Å². The van der Waals surface area contributed by atoms with Crippen LogP contribution < -0.4 is 10.5 Å². The van der Waals surface area contributed by atoms with Crippen molar-refractivity contribution in [1.29, 1.82) is 0 Å². The van der Waals surface area contributed by atoms with Gasteiger partial charge in [0.2, 0.25) is 0 Å². The Hall–Kier alpha value is -2.33. The molecule has 2 aromatic rings. The fraction of sp³-hybridized carbons (Fsp3) is 0.188. The van der Waals surface area contributed by atoms with Gasteiger partial charge in [0.25, 0.3) is 0 Å². The summed E-state index contributed by atoms with van der Waals surface area (Å²) in [6.45, 7) is 0. The molecule has 2 N–H and O–H groups in total. The number of nitrogens with two attached hydrogens (primary N) is 1. The van der Waals surface area contributed by atoms with Gasteiger partial charge in [0.05, 0.1) is 7.11 Å². The Labute approximate surface area is 118 Å². The quantitative estimate of drug-likeness (QED) is 0.849. The molecule has 0 aliphatic rings. The molecule has 2 rings (SSSR count). The van der Waals surface area contributed by atoms with E-state index >= 15 is 0 Å². The first kappa shape index (κ1) is 14.1. The standard InChI is InChI=1S/C16H17NO3/c1-19-16(18)15(17)11-12-6-5-9-14(10-12)20-13-7-3-2-4-8-13/h2-10,15H,11,17H2,1H3/t15-/m0/s1. The lowest BCUT2D eigenvalue weighted by Crippen LogP contribution is -2.33. The fourth-order valence-corrected chi connectivity index (χ4v) is 1.85. The Balaban J connectivity index is 2.06. The molecule has 2 aromatic carbocycles. The predicted octanol–water partition coefficient (Wildman–Crippen LogP) is 2.52. The van der Waals surface area contributed by atoms with Crippen LogP contribution in [0.2, 0.25) is 0 Å². The average Bonchev–Trinajstić information content (AvgIpc) is 2.47. The highest BCUT2D eigenvalue weighted by molar-refractivity contribution is 5.75. The van der Waals surface area contributed by atoms with E-state index in [2.05, 4.69) is 4.74 Å². The summed E-state index contributed by atoms with van der Waals surface area (Å²) in [5.74, 6) is 1.06. The van der Waals surface area contributed by atoms with Gasteiger partial charge in [0.1, 0.15) is 17.5 Å². The van der Waals surface area contributed by atoms with Gasteiger partial charge < -0.3 is 15.2 Å². The first-order valence-corrected chi connectivity index (χ1v) is 6.34. The molecule has 0 aromatic heterocycles. The van der Waals surface area contributed by atoms with E-state index in [1.165, 1.54) is 7.11 Å². The molecule has 0 heterocycles. The highest BCUT2D eigenvalue weighted by Crippen LogP contribution is 2.22. The van der Waals surface area contributed by atoms with Gasteiger partial charge in [-0.15, -0.1) is 0 Å². The second-order valence-electron chi connectivity index (χ2n) is 4.40. The average molecular weight is 271 g/mol. The lowest BCUT2D eigenvalue weighted by atomic mass is 10.1. The van der Waals surface area contributed by atoms with E-state index in [1.54, 1.807) is 0 Å². The number of esters is 1. The van der Waals surface area contributed by atoms with Gasteiger partial charge in [0, 0.05) is 0 Å². The maximum atomic E-state index is 11.3. The third-order valence-corrected chi connectivity index (χ3v) is 2.84. The SMILES string of the molecule is COC(=O)[C@@H](N)Cc1cccc(Oc2ccccc2)c1. The van der Waals surface area contributed by atoms with E-state index in [9.17, 15) is 4.79 Å². The van der Waals surface area contributed by atoms with Crippen LogP contribution >= 0.6 is 0 Å². The number of hydrogen-bond acceptors (Lipinski definition) is 4.